The highest BCUT2D eigenvalue weighted by atomic mass is 35.5. The van der Waals surface area contributed by atoms with E-state index in [1.807, 2.05) is 13.1 Å². The van der Waals surface area contributed by atoms with Crippen molar-refractivity contribution >= 4 is 22.4 Å². The van der Waals surface area contributed by atoms with Gasteiger partial charge in [-0.05, 0) is 36.7 Å². The Labute approximate surface area is 140 Å². The summed E-state index contributed by atoms with van der Waals surface area (Å²) in [5.74, 6) is 0. The molecule has 0 fully saturated rings. The van der Waals surface area contributed by atoms with Crippen LogP contribution in [0, 0.1) is 5.41 Å². The molecule has 5 nitrogen and oxygen atoms in total. The lowest BCUT2D eigenvalue weighted by atomic mass is 9.93. The SMILES string of the molecule is CN(Cc1cccc(S(=O)(=O)N(C)C)c1)CC(C)(C)CN.Cl. The molecule has 0 atom stereocenters. The third-order valence-corrected chi connectivity index (χ3v) is 5.19. The van der Waals surface area contributed by atoms with Gasteiger partial charge in [0, 0.05) is 27.2 Å². The quantitative estimate of drug-likeness (QED) is 0.814. The highest BCUT2D eigenvalue weighted by Gasteiger charge is 2.20. The number of sulfonamides is 1. The topological polar surface area (TPSA) is 66.6 Å². The van der Waals surface area contributed by atoms with Crippen LogP contribution in [0.2, 0.25) is 0 Å². The van der Waals surface area contributed by atoms with Gasteiger partial charge < -0.3 is 10.6 Å². The molecule has 0 bridgehead atoms. The lowest BCUT2D eigenvalue weighted by molar-refractivity contribution is 0.210. The Kier molecular flexibility index (Phi) is 8.02. The Hall–Kier alpha value is -0.660. The zero-order valence-electron chi connectivity index (χ0n) is 14.0. The van der Waals surface area contributed by atoms with E-state index >= 15 is 0 Å². The average molecular weight is 350 g/mol. The second kappa shape index (κ2) is 8.26. The van der Waals surface area contributed by atoms with Crippen LogP contribution in [-0.2, 0) is 16.6 Å². The number of hydrogen-bond acceptors (Lipinski definition) is 4. The maximum atomic E-state index is 12.1. The summed E-state index contributed by atoms with van der Waals surface area (Å²) in [4.78, 5) is 2.49. The Bertz CT molecular complexity index is 574. The summed E-state index contributed by atoms with van der Waals surface area (Å²) in [7, 11) is 1.72. The Morgan fingerprint density at radius 1 is 1.18 bits per heavy atom. The zero-order chi connectivity index (χ0) is 16.3. The Morgan fingerprint density at radius 2 is 1.77 bits per heavy atom. The van der Waals surface area contributed by atoms with Crippen LogP contribution in [0.1, 0.15) is 19.4 Å². The fraction of sp³-hybridized carbons (Fsp3) is 0.600. The number of hydrogen-bond donors (Lipinski definition) is 1. The van der Waals surface area contributed by atoms with E-state index in [9.17, 15) is 8.42 Å². The van der Waals surface area contributed by atoms with Gasteiger partial charge in [0.15, 0.2) is 0 Å². The fourth-order valence-corrected chi connectivity index (χ4v) is 3.15. The second-order valence-corrected chi connectivity index (χ2v) is 8.63. The number of nitrogens with two attached hydrogens (primary N) is 1. The van der Waals surface area contributed by atoms with Gasteiger partial charge in [-0.3, -0.25) is 0 Å². The number of nitrogens with zero attached hydrogens (tertiary/aromatic N) is 2. The van der Waals surface area contributed by atoms with E-state index in [4.69, 9.17) is 5.73 Å². The first-order valence-corrected chi connectivity index (χ1v) is 8.42. The number of rotatable bonds is 7. The maximum absolute atomic E-state index is 12.1. The third-order valence-electron chi connectivity index (χ3n) is 3.38. The molecule has 128 valence electrons. The van der Waals surface area contributed by atoms with Crippen molar-refractivity contribution in [3.05, 3.63) is 29.8 Å². The van der Waals surface area contributed by atoms with Gasteiger partial charge in [0.1, 0.15) is 0 Å². The average Bonchev–Trinajstić information content (AvgIpc) is 2.38. The molecule has 0 saturated carbocycles. The van der Waals surface area contributed by atoms with Crippen molar-refractivity contribution in [3.8, 4) is 0 Å². The van der Waals surface area contributed by atoms with Crippen LogP contribution in [-0.4, -0.2) is 51.9 Å². The summed E-state index contributed by atoms with van der Waals surface area (Å²) in [5, 5.41) is 0. The highest BCUT2D eigenvalue weighted by Crippen LogP contribution is 2.18. The van der Waals surface area contributed by atoms with Gasteiger partial charge in [-0.1, -0.05) is 26.0 Å². The molecule has 7 heteroatoms. The van der Waals surface area contributed by atoms with Crippen LogP contribution in [0.3, 0.4) is 0 Å². The molecular weight excluding hydrogens is 322 g/mol. The lowest BCUT2D eigenvalue weighted by Gasteiger charge is -2.29. The van der Waals surface area contributed by atoms with Gasteiger partial charge in [0.05, 0.1) is 4.90 Å². The van der Waals surface area contributed by atoms with Crippen molar-refractivity contribution in [2.75, 3.05) is 34.2 Å². The van der Waals surface area contributed by atoms with E-state index < -0.39 is 10.0 Å². The van der Waals surface area contributed by atoms with E-state index in [1.165, 1.54) is 18.4 Å². The van der Waals surface area contributed by atoms with E-state index in [0.29, 0.717) is 18.0 Å². The summed E-state index contributed by atoms with van der Waals surface area (Å²) in [6, 6.07) is 7.10. The Balaban J connectivity index is 0.00000441. The summed E-state index contributed by atoms with van der Waals surface area (Å²) >= 11 is 0. The van der Waals surface area contributed by atoms with Crippen molar-refractivity contribution in [1.29, 1.82) is 0 Å². The van der Waals surface area contributed by atoms with Crippen LogP contribution in [0.15, 0.2) is 29.2 Å². The molecule has 1 aromatic carbocycles. The summed E-state index contributed by atoms with van der Waals surface area (Å²) in [6.45, 7) is 6.41. The summed E-state index contributed by atoms with van der Waals surface area (Å²) < 4.78 is 25.5. The molecule has 0 aliphatic rings. The zero-order valence-corrected chi connectivity index (χ0v) is 15.7. The normalized spacial score (nSPS) is 12.5. The molecular formula is C15H28ClN3O2S. The molecule has 0 saturated heterocycles. The monoisotopic (exact) mass is 349 g/mol. The molecule has 0 aliphatic heterocycles. The van der Waals surface area contributed by atoms with E-state index in [-0.39, 0.29) is 17.8 Å². The minimum absolute atomic E-state index is 0. The first-order valence-electron chi connectivity index (χ1n) is 6.98. The molecule has 1 rings (SSSR count). The predicted molar refractivity (Wildman–Crippen MR) is 93.7 cm³/mol. The summed E-state index contributed by atoms with van der Waals surface area (Å²) in [5.41, 5.74) is 6.77. The second-order valence-electron chi connectivity index (χ2n) is 6.48. The molecule has 0 heterocycles. The molecule has 0 aromatic heterocycles. The van der Waals surface area contributed by atoms with Gasteiger partial charge in [-0.15, -0.1) is 12.4 Å². The molecule has 2 N–H and O–H groups in total. The van der Waals surface area contributed by atoms with Crippen LogP contribution in [0.25, 0.3) is 0 Å². The van der Waals surface area contributed by atoms with Crippen molar-refractivity contribution in [2.45, 2.75) is 25.3 Å². The van der Waals surface area contributed by atoms with Gasteiger partial charge in [0.25, 0.3) is 0 Å². The molecule has 22 heavy (non-hydrogen) atoms. The van der Waals surface area contributed by atoms with E-state index in [0.717, 1.165) is 12.1 Å². The largest absolute Gasteiger partial charge is 0.330 e. The first kappa shape index (κ1) is 21.3. The maximum Gasteiger partial charge on any atom is 0.242 e. The van der Waals surface area contributed by atoms with Gasteiger partial charge in [-0.2, -0.15) is 0 Å². The van der Waals surface area contributed by atoms with Crippen LogP contribution < -0.4 is 5.73 Å². The standard InChI is InChI=1S/C15H27N3O2S.ClH/c1-15(2,11-16)12-18(5)10-13-7-6-8-14(9-13)21(19,20)17(3)4;/h6-9H,10-12,16H2,1-5H3;1H. The number of benzene rings is 1. The predicted octanol–water partition coefficient (Wildman–Crippen LogP) is 1.78. The third kappa shape index (κ3) is 5.85. The molecule has 1 aromatic rings. The number of halogens is 1. The van der Waals surface area contributed by atoms with E-state index in [2.05, 4.69) is 18.7 Å². The molecule has 0 aliphatic carbocycles. The van der Waals surface area contributed by atoms with Crippen LogP contribution in [0.4, 0.5) is 0 Å². The molecule has 0 spiro atoms. The first-order chi connectivity index (χ1) is 9.58. The van der Waals surface area contributed by atoms with Crippen molar-refractivity contribution in [3.63, 3.8) is 0 Å². The Morgan fingerprint density at radius 3 is 2.27 bits per heavy atom. The van der Waals surface area contributed by atoms with Gasteiger partial charge in [0.2, 0.25) is 10.0 Å². The molecule has 0 amide bonds. The lowest BCUT2D eigenvalue weighted by Crippen LogP contribution is -2.36. The van der Waals surface area contributed by atoms with Crippen molar-refractivity contribution < 1.29 is 8.42 Å². The van der Waals surface area contributed by atoms with Crippen LogP contribution >= 0.6 is 12.4 Å². The smallest absolute Gasteiger partial charge is 0.242 e. The molecule has 0 unspecified atom stereocenters. The van der Waals surface area contributed by atoms with E-state index in [1.54, 1.807) is 18.2 Å². The highest BCUT2D eigenvalue weighted by molar-refractivity contribution is 7.89. The van der Waals surface area contributed by atoms with Crippen molar-refractivity contribution in [2.24, 2.45) is 11.1 Å². The minimum atomic E-state index is -3.38. The van der Waals surface area contributed by atoms with Gasteiger partial charge in [-0.25, -0.2) is 12.7 Å². The minimum Gasteiger partial charge on any atom is -0.330 e. The molecule has 0 radical (unpaired) electrons. The van der Waals surface area contributed by atoms with Crippen LogP contribution in [0.5, 0.6) is 0 Å². The summed E-state index contributed by atoms with van der Waals surface area (Å²) in [6.07, 6.45) is 0. The fourth-order valence-electron chi connectivity index (χ4n) is 2.18. The van der Waals surface area contributed by atoms with Gasteiger partial charge >= 0.3 is 0 Å². The van der Waals surface area contributed by atoms with Crippen molar-refractivity contribution in [1.82, 2.24) is 9.21 Å².